The Hall–Kier alpha value is -0.0800. The Morgan fingerprint density at radius 3 is 2.32 bits per heavy atom. The first-order valence-electron chi connectivity index (χ1n) is 8.79. The van der Waals surface area contributed by atoms with Gasteiger partial charge in [-0.3, -0.25) is 4.90 Å². The van der Waals surface area contributed by atoms with E-state index in [4.69, 9.17) is 0 Å². The number of nitrogens with one attached hydrogen (secondary N) is 1. The molecule has 2 heteroatoms. The topological polar surface area (TPSA) is 15.3 Å². The molecule has 0 atom stereocenters. The molecule has 0 unspecified atom stereocenters. The molecule has 0 bridgehead atoms. The third-order valence-electron chi connectivity index (χ3n) is 6.08. The summed E-state index contributed by atoms with van der Waals surface area (Å²) in [4.78, 5) is 2.93. The van der Waals surface area contributed by atoms with E-state index in [1.54, 1.807) is 0 Å². The highest BCUT2D eigenvalue weighted by atomic mass is 15.3. The van der Waals surface area contributed by atoms with Gasteiger partial charge in [0.15, 0.2) is 0 Å². The van der Waals surface area contributed by atoms with E-state index >= 15 is 0 Å². The van der Waals surface area contributed by atoms with Crippen LogP contribution in [0, 0.1) is 0 Å². The molecule has 2 nitrogen and oxygen atoms in total. The fourth-order valence-electron chi connectivity index (χ4n) is 4.81. The van der Waals surface area contributed by atoms with Gasteiger partial charge in [-0.1, -0.05) is 45.4 Å². The van der Waals surface area contributed by atoms with Gasteiger partial charge in [0.25, 0.3) is 0 Å². The monoisotopic (exact) mass is 264 g/mol. The van der Waals surface area contributed by atoms with Crippen molar-refractivity contribution < 1.29 is 0 Å². The fraction of sp³-hybridized carbons (Fsp3) is 1.00. The summed E-state index contributed by atoms with van der Waals surface area (Å²) >= 11 is 0. The standard InChI is InChI=1S/C17H32N2/c1-2-3-13-19-15-16(9-7-8-10-16)18-14-17(19)11-5-4-6-12-17/h18H,2-15H2,1H3. The van der Waals surface area contributed by atoms with Crippen LogP contribution in [0.5, 0.6) is 0 Å². The van der Waals surface area contributed by atoms with Crippen LogP contribution in [-0.4, -0.2) is 35.6 Å². The van der Waals surface area contributed by atoms with Crippen LogP contribution in [0.25, 0.3) is 0 Å². The van der Waals surface area contributed by atoms with Gasteiger partial charge in [0, 0.05) is 24.2 Å². The number of piperazine rings is 1. The number of rotatable bonds is 3. The molecule has 1 N–H and O–H groups in total. The van der Waals surface area contributed by atoms with Crippen LogP contribution in [0.1, 0.15) is 77.6 Å². The fourth-order valence-corrected chi connectivity index (χ4v) is 4.81. The van der Waals surface area contributed by atoms with E-state index in [-0.39, 0.29) is 0 Å². The summed E-state index contributed by atoms with van der Waals surface area (Å²) in [5.41, 5.74) is 1.03. The molecule has 0 aromatic heterocycles. The molecule has 19 heavy (non-hydrogen) atoms. The van der Waals surface area contributed by atoms with E-state index < -0.39 is 0 Å². The lowest BCUT2D eigenvalue weighted by Gasteiger charge is -2.55. The average Bonchev–Trinajstić information content (AvgIpc) is 2.90. The molecule has 0 aromatic carbocycles. The molecule has 3 rings (SSSR count). The second-order valence-electron chi connectivity index (χ2n) is 7.40. The van der Waals surface area contributed by atoms with Gasteiger partial charge >= 0.3 is 0 Å². The van der Waals surface area contributed by atoms with E-state index in [1.807, 2.05) is 0 Å². The maximum atomic E-state index is 4.02. The van der Waals surface area contributed by atoms with Crippen LogP contribution in [0.2, 0.25) is 0 Å². The Morgan fingerprint density at radius 2 is 1.63 bits per heavy atom. The molecule has 0 amide bonds. The summed E-state index contributed by atoms with van der Waals surface area (Å²) in [5, 5.41) is 4.02. The molecular formula is C17H32N2. The summed E-state index contributed by atoms with van der Waals surface area (Å²) in [7, 11) is 0. The van der Waals surface area contributed by atoms with Crippen molar-refractivity contribution in [2.75, 3.05) is 19.6 Å². The van der Waals surface area contributed by atoms with Crippen LogP contribution in [0.4, 0.5) is 0 Å². The molecule has 2 saturated carbocycles. The summed E-state index contributed by atoms with van der Waals surface area (Å²) in [6.07, 6.45) is 15.7. The summed E-state index contributed by atoms with van der Waals surface area (Å²) in [5.74, 6) is 0. The first-order valence-corrected chi connectivity index (χ1v) is 8.79. The van der Waals surface area contributed by atoms with E-state index in [1.165, 1.54) is 90.3 Å². The van der Waals surface area contributed by atoms with Crippen molar-refractivity contribution in [2.24, 2.45) is 0 Å². The molecule has 110 valence electrons. The van der Waals surface area contributed by atoms with E-state index in [0.29, 0.717) is 11.1 Å². The van der Waals surface area contributed by atoms with Crippen LogP contribution < -0.4 is 5.32 Å². The van der Waals surface area contributed by atoms with Gasteiger partial charge in [0.1, 0.15) is 0 Å². The smallest absolute Gasteiger partial charge is 0.0334 e. The first-order chi connectivity index (χ1) is 9.29. The van der Waals surface area contributed by atoms with Crippen LogP contribution in [0.15, 0.2) is 0 Å². The van der Waals surface area contributed by atoms with Crippen molar-refractivity contribution in [3.05, 3.63) is 0 Å². The number of hydrogen-bond donors (Lipinski definition) is 1. The third-order valence-corrected chi connectivity index (χ3v) is 6.08. The average molecular weight is 264 g/mol. The molecule has 2 spiro atoms. The minimum Gasteiger partial charge on any atom is -0.308 e. The summed E-state index contributed by atoms with van der Waals surface area (Å²) in [6, 6.07) is 0. The second-order valence-corrected chi connectivity index (χ2v) is 7.40. The van der Waals surface area contributed by atoms with Gasteiger partial charge in [0.2, 0.25) is 0 Å². The van der Waals surface area contributed by atoms with Gasteiger partial charge < -0.3 is 5.32 Å². The summed E-state index contributed by atoms with van der Waals surface area (Å²) < 4.78 is 0. The SMILES string of the molecule is CCCCN1CC2(CCCC2)NCC12CCCCC2. The van der Waals surface area contributed by atoms with Crippen molar-refractivity contribution in [3.63, 3.8) is 0 Å². The maximum absolute atomic E-state index is 4.02. The minimum atomic E-state index is 0.496. The van der Waals surface area contributed by atoms with Crippen molar-refractivity contribution in [2.45, 2.75) is 88.6 Å². The predicted octanol–water partition coefficient (Wildman–Crippen LogP) is 3.71. The zero-order valence-electron chi connectivity index (χ0n) is 12.8. The first kappa shape index (κ1) is 13.9. The largest absolute Gasteiger partial charge is 0.308 e. The Bertz CT molecular complexity index is 288. The molecule has 1 aliphatic heterocycles. The molecular weight excluding hydrogens is 232 g/mol. The highest BCUT2D eigenvalue weighted by Crippen LogP contribution is 2.41. The lowest BCUT2D eigenvalue weighted by atomic mass is 9.76. The van der Waals surface area contributed by atoms with Crippen molar-refractivity contribution in [1.82, 2.24) is 10.2 Å². The van der Waals surface area contributed by atoms with Gasteiger partial charge in [-0.2, -0.15) is 0 Å². The lowest BCUT2D eigenvalue weighted by Crippen LogP contribution is -2.69. The molecule has 1 saturated heterocycles. The van der Waals surface area contributed by atoms with E-state index in [0.717, 1.165) is 0 Å². The Labute approximate surface area is 119 Å². The van der Waals surface area contributed by atoms with Crippen LogP contribution in [0.3, 0.4) is 0 Å². The molecule has 0 radical (unpaired) electrons. The predicted molar refractivity (Wildman–Crippen MR) is 81.5 cm³/mol. The van der Waals surface area contributed by atoms with Crippen LogP contribution >= 0.6 is 0 Å². The number of nitrogens with zero attached hydrogens (tertiary/aromatic N) is 1. The quantitative estimate of drug-likeness (QED) is 0.836. The van der Waals surface area contributed by atoms with E-state index in [9.17, 15) is 0 Å². The minimum absolute atomic E-state index is 0.496. The maximum Gasteiger partial charge on any atom is 0.0334 e. The summed E-state index contributed by atoms with van der Waals surface area (Å²) in [6.45, 7) is 6.30. The van der Waals surface area contributed by atoms with Crippen molar-refractivity contribution in [3.8, 4) is 0 Å². The normalized spacial score (nSPS) is 30.2. The molecule has 1 heterocycles. The molecule has 0 aromatic rings. The van der Waals surface area contributed by atoms with Gasteiger partial charge in [0.05, 0.1) is 0 Å². The van der Waals surface area contributed by atoms with Crippen molar-refractivity contribution >= 4 is 0 Å². The number of hydrogen-bond acceptors (Lipinski definition) is 2. The highest BCUT2D eigenvalue weighted by molar-refractivity contribution is 5.07. The zero-order chi connectivity index (χ0) is 13.2. The highest BCUT2D eigenvalue weighted by Gasteiger charge is 2.48. The van der Waals surface area contributed by atoms with Crippen LogP contribution in [-0.2, 0) is 0 Å². The van der Waals surface area contributed by atoms with E-state index in [2.05, 4.69) is 17.1 Å². The van der Waals surface area contributed by atoms with Crippen molar-refractivity contribution in [1.29, 1.82) is 0 Å². The molecule has 3 aliphatic rings. The Morgan fingerprint density at radius 1 is 0.947 bits per heavy atom. The molecule has 3 fully saturated rings. The third kappa shape index (κ3) is 2.71. The Balaban J connectivity index is 1.73. The Kier molecular flexibility index (Phi) is 4.19. The lowest BCUT2D eigenvalue weighted by molar-refractivity contribution is -0.0184. The molecule has 2 aliphatic carbocycles. The second kappa shape index (κ2) is 5.73. The van der Waals surface area contributed by atoms with Gasteiger partial charge in [-0.15, -0.1) is 0 Å². The zero-order valence-corrected chi connectivity index (χ0v) is 12.8. The number of unbranched alkanes of at least 4 members (excludes halogenated alkanes) is 1. The van der Waals surface area contributed by atoms with Gasteiger partial charge in [-0.25, -0.2) is 0 Å². The van der Waals surface area contributed by atoms with Gasteiger partial charge in [-0.05, 0) is 38.6 Å².